The van der Waals surface area contributed by atoms with E-state index in [0.29, 0.717) is 11.1 Å². The molecule has 140 valence electrons. The predicted octanol–water partition coefficient (Wildman–Crippen LogP) is 5.20. The lowest BCUT2D eigenvalue weighted by Gasteiger charge is -2.09. The first kappa shape index (κ1) is 17.7. The van der Waals surface area contributed by atoms with Gasteiger partial charge in [-0.05, 0) is 46.7 Å². The highest BCUT2D eigenvalue weighted by Crippen LogP contribution is 2.37. The molecule has 3 aromatic carbocycles. The molecule has 5 nitrogen and oxygen atoms in total. The van der Waals surface area contributed by atoms with Crippen molar-refractivity contribution in [3.05, 3.63) is 72.0 Å². The number of phenols is 1. The molecule has 0 aliphatic rings. The maximum absolute atomic E-state index is 12.6. The Morgan fingerprint density at radius 2 is 1.68 bits per heavy atom. The first-order chi connectivity index (χ1) is 13.6. The third-order valence-electron chi connectivity index (χ3n) is 4.60. The molecule has 4 aromatic rings. The minimum absolute atomic E-state index is 0.0855. The van der Waals surface area contributed by atoms with Crippen LogP contribution in [0.5, 0.6) is 17.2 Å². The molecule has 0 unspecified atom stereocenters. The fourth-order valence-corrected chi connectivity index (χ4v) is 3.18. The second-order valence-electron chi connectivity index (χ2n) is 6.28. The van der Waals surface area contributed by atoms with Crippen LogP contribution in [0.2, 0.25) is 0 Å². The van der Waals surface area contributed by atoms with Crippen molar-refractivity contribution in [1.82, 2.24) is 0 Å². The lowest BCUT2D eigenvalue weighted by Crippen LogP contribution is -1.92. The van der Waals surface area contributed by atoms with Crippen molar-refractivity contribution < 1.29 is 23.8 Å². The van der Waals surface area contributed by atoms with Gasteiger partial charge in [0, 0.05) is 5.39 Å². The Morgan fingerprint density at radius 3 is 2.39 bits per heavy atom. The lowest BCUT2D eigenvalue weighted by atomic mass is 10.1. The van der Waals surface area contributed by atoms with E-state index in [1.807, 2.05) is 36.4 Å². The Hall–Kier alpha value is -3.73. The molecule has 0 saturated heterocycles. The molecular weight excluding hydrogens is 356 g/mol. The van der Waals surface area contributed by atoms with E-state index in [4.69, 9.17) is 13.9 Å². The summed E-state index contributed by atoms with van der Waals surface area (Å²) in [7, 11) is 2.90. The first-order valence-corrected chi connectivity index (χ1v) is 8.69. The number of rotatable bonds is 5. The fraction of sp³-hybridized carbons (Fsp3) is 0.0870. The summed E-state index contributed by atoms with van der Waals surface area (Å²) < 4.78 is 16.0. The number of fused-ring (bicyclic) bond motifs is 3. The molecular formula is C23H18O5. The molecule has 0 bridgehead atoms. The summed E-state index contributed by atoms with van der Waals surface area (Å²) in [6.45, 7) is 0. The standard InChI is InChI=1S/C23H18O5/c1-26-21-11-14(12-22(27-2)23(21)25)7-9-18(24)20-13-17-16-6-4-3-5-15(16)8-10-19(17)28-20/h3-13,25H,1-2H3/b9-7+. The van der Waals surface area contributed by atoms with E-state index in [-0.39, 0.29) is 28.8 Å². The number of carbonyl (C=O) groups excluding carboxylic acids is 1. The molecule has 4 rings (SSSR count). The zero-order valence-corrected chi connectivity index (χ0v) is 15.4. The molecule has 1 aromatic heterocycles. The fourth-order valence-electron chi connectivity index (χ4n) is 3.18. The van der Waals surface area contributed by atoms with Gasteiger partial charge in [-0.15, -0.1) is 0 Å². The van der Waals surface area contributed by atoms with Crippen molar-refractivity contribution in [3.63, 3.8) is 0 Å². The highest BCUT2D eigenvalue weighted by molar-refractivity contribution is 6.11. The second-order valence-corrected chi connectivity index (χ2v) is 6.28. The first-order valence-electron chi connectivity index (χ1n) is 8.69. The van der Waals surface area contributed by atoms with E-state index in [9.17, 15) is 9.90 Å². The Morgan fingerprint density at radius 1 is 0.964 bits per heavy atom. The average Bonchev–Trinajstić information content (AvgIpc) is 3.17. The van der Waals surface area contributed by atoms with Crippen LogP contribution < -0.4 is 9.47 Å². The number of benzene rings is 3. The Balaban J connectivity index is 1.68. The van der Waals surface area contributed by atoms with Crippen LogP contribution in [0.25, 0.3) is 27.8 Å². The van der Waals surface area contributed by atoms with Crippen molar-refractivity contribution in [2.24, 2.45) is 0 Å². The summed E-state index contributed by atoms with van der Waals surface area (Å²) in [5.74, 6) is 0.451. The van der Waals surface area contributed by atoms with E-state index >= 15 is 0 Å². The summed E-state index contributed by atoms with van der Waals surface area (Å²) in [5.41, 5.74) is 1.32. The van der Waals surface area contributed by atoms with Gasteiger partial charge in [0.15, 0.2) is 17.3 Å². The predicted molar refractivity (Wildman–Crippen MR) is 108 cm³/mol. The maximum atomic E-state index is 12.6. The van der Waals surface area contributed by atoms with Gasteiger partial charge in [-0.25, -0.2) is 0 Å². The summed E-state index contributed by atoms with van der Waals surface area (Å²) in [5, 5.41) is 13.0. The highest BCUT2D eigenvalue weighted by Gasteiger charge is 2.13. The zero-order valence-electron chi connectivity index (χ0n) is 15.4. The van der Waals surface area contributed by atoms with Crippen molar-refractivity contribution >= 4 is 33.6 Å². The SMILES string of the molecule is COc1cc(/C=C/C(=O)c2cc3c(ccc4ccccc43)o2)cc(OC)c1O. The number of carbonyl (C=O) groups is 1. The number of ketones is 1. The molecule has 1 heterocycles. The Bertz CT molecular complexity index is 1190. The van der Waals surface area contributed by atoms with Crippen LogP contribution in [0, 0.1) is 0 Å². The van der Waals surface area contributed by atoms with Crippen LogP contribution >= 0.6 is 0 Å². The monoisotopic (exact) mass is 374 g/mol. The number of hydrogen-bond acceptors (Lipinski definition) is 5. The molecule has 5 heteroatoms. The zero-order chi connectivity index (χ0) is 19.7. The number of allylic oxidation sites excluding steroid dienone is 1. The van der Waals surface area contributed by atoms with Gasteiger partial charge in [-0.1, -0.05) is 36.4 Å². The van der Waals surface area contributed by atoms with Gasteiger partial charge in [0.25, 0.3) is 0 Å². The van der Waals surface area contributed by atoms with Gasteiger partial charge in [0.05, 0.1) is 14.2 Å². The van der Waals surface area contributed by atoms with Crippen LogP contribution in [0.15, 0.2) is 65.1 Å². The lowest BCUT2D eigenvalue weighted by molar-refractivity contribution is 0.102. The van der Waals surface area contributed by atoms with E-state index < -0.39 is 0 Å². The highest BCUT2D eigenvalue weighted by atomic mass is 16.5. The van der Waals surface area contributed by atoms with Gasteiger partial charge in [0.1, 0.15) is 5.58 Å². The largest absolute Gasteiger partial charge is 0.502 e. The van der Waals surface area contributed by atoms with Crippen LogP contribution in [0.1, 0.15) is 16.1 Å². The van der Waals surface area contributed by atoms with Crippen LogP contribution in [-0.2, 0) is 0 Å². The molecule has 0 radical (unpaired) electrons. The summed E-state index contributed by atoms with van der Waals surface area (Å²) in [6, 6.07) is 16.8. The van der Waals surface area contributed by atoms with E-state index in [0.717, 1.165) is 16.2 Å². The van der Waals surface area contributed by atoms with Crippen LogP contribution in [-0.4, -0.2) is 25.1 Å². The number of hydrogen-bond donors (Lipinski definition) is 1. The Labute approximate surface area is 161 Å². The van der Waals surface area contributed by atoms with Crippen LogP contribution in [0.4, 0.5) is 0 Å². The third kappa shape index (κ3) is 3.07. The summed E-state index contributed by atoms with van der Waals surface area (Å²) in [6.07, 6.45) is 3.04. The quantitative estimate of drug-likeness (QED) is 0.384. The number of ether oxygens (including phenoxy) is 2. The van der Waals surface area contributed by atoms with Crippen molar-refractivity contribution in [1.29, 1.82) is 0 Å². The maximum Gasteiger partial charge on any atom is 0.221 e. The minimum atomic E-state index is -0.258. The molecule has 1 N–H and O–H groups in total. The molecule has 0 amide bonds. The molecule has 0 spiro atoms. The van der Waals surface area contributed by atoms with Gasteiger partial charge >= 0.3 is 0 Å². The summed E-state index contributed by atoms with van der Waals surface area (Å²) >= 11 is 0. The average molecular weight is 374 g/mol. The van der Waals surface area contributed by atoms with E-state index in [2.05, 4.69) is 0 Å². The molecule has 28 heavy (non-hydrogen) atoms. The normalized spacial score (nSPS) is 11.4. The van der Waals surface area contributed by atoms with Crippen molar-refractivity contribution in [2.45, 2.75) is 0 Å². The second kappa shape index (κ2) is 7.12. The van der Waals surface area contributed by atoms with Gasteiger partial charge in [0.2, 0.25) is 11.5 Å². The number of methoxy groups -OCH3 is 2. The number of aromatic hydroxyl groups is 1. The minimum Gasteiger partial charge on any atom is -0.502 e. The summed E-state index contributed by atoms with van der Waals surface area (Å²) in [4.78, 5) is 12.6. The number of furan rings is 1. The number of phenolic OH excluding ortho intramolecular Hbond substituents is 1. The molecule has 0 aliphatic heterocycles. The Kier molecular flexibility index (Phi) is 4.49. The topological polar surface area (TPSA) is 68.9 Å². The molecule has 0 saturated carbocycles. The van der Waals surface area contributed by atoms with Crippen molar-refractivity contribution in [2.75, 3.05) is 14.2 Å². The van der Waals surface area contributed by atoms with Gasteiger partial charge < -0.3 is 19.0 Å². The van der Waals surface area contributed by atoms with Crippen LogP contribution in [0.3, 0.4) is 0 Å². The van der Waals surface area contributed by atoms with Gasteiger partial charge in [-0.3, -0.25) is 4.79 Å². The molecule has 0 aliphatic carbocycles. The van der Waals surface area contributed by atoms with Crippen molar-refractivity contribution in [3.8, 4) is 17.2 Å². The smallest absolute Gasteiger partial charge is 0.221 e. The third-order valence-corrected chi connectivity index (χ3v) is 4.60. The van der Waals surface area contributed by atoms with E-state index in [1.165, 1.54) is 20.3 Å². The molecule has 0 atom stereocenters. The van der Waals surface area contributed by atoms with Gasteiger partial charge in [-0.2, -0.15) is 0 Å². The molecule has 0 fully saturated rings. The van der Waals surface area contributed by atoms with E-state index in [1.54, 1.807) is 24.3 Å².